The van der Waals surface area contributed by atoms with Crippen LogP contribution in [0.2, 0.25) is 0 Å². The molecular formula is C7H14ClNO2. The monoisotopic (exact) mass is 179 g/mol. The highest BCUT2D eigenvalue weighted by Crippen LogP contribution is 2.20. The molecule has 0 aliphatic carbocycles. The highest BCUT2D eigenvalue weighted by molar-refractivity contribution is 5.85. The molecule has 0 spiro atoms. The van der Waals surface area contributed by atoms with E-state index in [0.717, 1.165) is 13.0 Å². The molecule has 1 aliphatic rings. The Kier molecular flexibility index (Phi) is 3.83. The molecule has 2 atom stereocenters. The molecule has 0 saturated carbocycles. The van der Waals surface area contributed by atoms with Crippen molar-refractivity contribution in [2.45, 2.75) is 19.4 Å². The maximum atomic E-state index is 10.5. The zero-order valence-electron chi connectivity index (χ0n) is 6.78. The molecule has 0 bridgehead atoms. The number of likely N-dealkylation sites (tertiary alicyclic amines) is 1. The fourth-order valence-corrected chi connectivity index (χ4v) is 1.54. The molecule has 0 aromatic rings. The van der Waals surface area contributed by atoms with Crippen molar-refractivity contribution in [1.82, 2.24) is 4.90 Å². The maximum Gasteiger partial charge on any atom is 0.320 e. The average molecular weight is 180 g/mol. The molecule has 3 nitrogen and oxygen atoms in total. The molecular weight excluding hydrogens is 166 g/mol. The van der Waals surface area contributed by atoms with E-state index in [1.54, 1.807) is 0 Å². The summed E-state index contributed by atoms with van der Waals surface area (Å²) in [6.07, 6.45) is 0.797. The van der Waals surface area contributed by atoms with Gasteiger partial charge in [-0.25, -0.2) is 0 Å². The van der Waals surface area contributed by atoms with Crippen LogP contribution in [0.4, 0.5) is 0 Å². The molecule has 0 aromatic heterocycles. The highest BCUT2D eigenvalue weighted by atomic mass is 35.5. The molecule has 0 amide bonds. The van der Waals surface area contributed by atoms with Crippen LogP contribution < -0.4 is 0 Å². The van der Waals surface area contributed by atoms with Gasteiger partial charge in [0.05, 0.1) is 0 Å². The van der Waals surface area contributed by atoms with Crippen LogP contribution >= 0.6 is 12.4 Å². The number of nitrogens with zero attached hydrogens (tertiary/aromatic N) is 1. The van der Waals surface area contributed by atoms with Crippen molar-refractivity contribution in [2.75, 3.05) is 13.6 Å². The maximum absolute atomic E-state index is 10.5. The number of carbonyl (C=O) groups is 1. The van der Waals surface area contributed by atoms with Crippen LogP contribution in [0, 0.1) is 5.92 Å². The third-order valence-corrected chi connectivity index (χ3v) is 2.04. The normalized spacial score (nSPS) is 31.5. The van der Waals surface area contributed by atoms with Crippen LogP contribution in [0.25, 0.3) is 0 Å². The Morgan fingerprint density at radius 1 is 1.64 bits per heavy atom. The van der Waals surface area contributed by atoms with E-state index in [-0.39, 0.29) is 18.4 Å². The molecule has 4 heteroatoms. The molecule has 0 aromatic carbocycles. The van der Waals surface area contributed by atoms with E-state index in [1.807, 2.05) is 11.9 Å². The Hall–Kier alpha value is -0.280. The second kappa shape index (κ2) is 3.93. The Morgan fingerprint density at radius 2 is 2.18 bits per heavy atom. The fraction of sp³-hybridized carbons (Fsp3) is 0.857. The Morgan fingerprint density at radius 3 is 2.36 bits per heavy atom. The van der Waals surface area contributed by atoms with Gasteiger partial charge in [0.2, 0.25) is 0 Å². The van der Waals surface area contributed by atoms with Crippen LogP contribution in [0.15, 0.2) is 0 Å². The average Bonchev–Trinajstić information content (AvgIpc) is 2.10. The summed E-state index contributed by atoms with van der Waals surface area (Å²) in [5.74, 6) is -0.155. The lowest BCUT2D eigenvalue weighted by molar-refractivity contribution is -0.141. The summed E-state index contributed by atoms with van der Waals surface area (Å²) in [6.45, 7) is 3.00. The largest absolute Gasteiger partial charge is 0.480 e. The molecule has 1 rings (SSSR count). The second-order valence-electron chi connectivity index (χ2n) is 3.13. The summed E-state index contributed by atoms with van der Waals surface area (Å²) in [6, 6.07) is -0.241. The predicted octanol–water partition coefficient (Wildman–Crippen LogP) is 0.833. The van der Waals surface area contributed by atoms with E-state index >= 15 is 0 Å². The molecule has 1 fully saturated rings. The van der Waals surface area contributed by atoms with E-state index in [2.05, 4.69) is 6.92 Å². The summed E-state index contributed by atoms with van der Waals surface area (Å²) in [5.41, 5.74) is 0. The third-order valence-electron chi connectivity index (χ3n) is 2.04. The van der Waals surface area contributed by atoms with Crippen LogP contribution in [0.3, 0.4) is 0 Å². The predicted molar refractivity (Wildman–Crippen MR) is 45.1 cm³/mol. The first kappa shape index (κ1) is 10.7. The minimum absolute atomic E-state index is 0. The first-order valence-electron chi connectivity index (χ1n) is 3.54. The fourth-order valence-electron chi connectivity index (χ4n) is 1.54. The molecule has 66 valence electrons. The highest BCUT2D eigenvalue weighted by Gasteiger charge is 2.31. The molecule has 1 saturated heterocycles. The first-order chi connectivity index (χ1) is 4.61. The smallest absolute Gasteiger partial charge is 0.320 e. The SMILES string of the molecule is C[C@H]1C[C@@H](C(=O)O)N(C)C1.Cl. The van der Waals surface area contributed by atoms with Crippen LogP contribution in [-0.2, 0) is 4.79 Å². The first-order valence-corrected chi connectivity index (χ1v) is 3.54. The van der Waals surface area contributed by atoms with Crippen molar-refractivity contribution in [1.29, 1.82) is 0 Å². The number of aliphatic carboxylic acids is 1. The number of carboxylic acids is 1. The summed E-state index contributed by atoms with van der Waals surface area (Å²) < 4.78 is 0. The lowest BCUT2D eigenvalue weighted by atomic mass is 10.1. The van der Waals surface area contributed by atoms with Crippen molar-refractivity contribution in [3.8, 4) is 0 Å². The number of likely N-dealkylation sites (N-methyl/N-ethyl adjacent to an activating group) is 1. The van der Waals surface area contributed by atoms with Gasteiger partial charge in [-0.15, -0.1) is 12.4 Å². The number of carboxylic acid groups (broad SMARTS) is 1. The van der Waals surface area contributed by atoms with Gasteiger partial charge in [0.1, 0.15) is 6.04 Å². The number of hydrogen-bond acceptors (Lipinski definition) is 2. The van der Waals surface area contributed by atoms with E-state index in [9.17, 15) is 4.79 Å². The molecule has 0 unspecified atom stereocenters. The Labute approximate surface area is 72.8 Å². The number of rotatable bonds is 1. The van der Waals surface area contributed by atoms with Gasteiger partial charge >= 0.3 is 5.97 Å². The standard InChI is InChI=1S/C7H13NO2.ClH/c1-5-3-6(7(9)10)8(2)4-5;/h5-6H,3-4H2,1-2H3,(H,9,10);1H/t5-,6-;/m0./s1. The molecule has 1 N–H and O–H groups in total. The second-order valence-corrected chi connectivity index (χ2v) is 3.13. The third kappa shape index (κ3) is 2.34. The number of hydrogen-bond donors (Lipinski definition) is 1. The minimum atomic E-state index is -0.688. The van der Waals surface area contributed by atoms with Crippen molar-refractivity contribution < 1.29 is 9.90 Å². The minimum Gasteiger partial charge on any atom is -0.480 e. The van der Waals surface area contributed by atoms with Crippen molar-refractivity contribution in [3.63, 3.8) is 0 Å². The van der Waals surface area contributed by atoms with E-state index < -0.39 is 5.97 Å². The van der Waals surface area contributed by atoms with Crippen molar-refractivity contribution in [2.24, 2.45) is 5.92 Å². The molecule has 1 aliphatic heterocycles. The summed E-state index contributed by atoms with van der Waals surface area (Å²) in [5, 5.41) is 8.66. The lowest BCUT2D eigenvalue weighted by Crippen LogP contribution is -2.32. The van der Waals surface area contributed by atoms with Gasteiger partial charge in [-0.05, 0) is 19.4 Å². The van der Waals surface area contributed by atoms with Gasteiger partial charge in [0.15, 0.2) is 0 Å². The van der Waals surface area contributed by atoms with Crippen LogP contribution in [-0.4, -0.2) is 35.6 Å². The van der Waals surface area contributed by atoms with E-state index in [1.165, 1.54) is 0 Å². The van der Waals surface area contributed by atoms with Gasteiger partial charge in [-0.3, -0.25) is 9.69 Å². The topological polar surface area (TPSA) is 40.5 Å². The van der Waals surface area contributed by atoms with E-state index in [4.69, 9.17) is 5.11 Å². The van der Waals surface area contributed by atoms with Crippen LogP contribution in [0.1, 0.15) is 13.3 Å². The quantitative estimate of drug-likeness (QED) is 0.649. The summed E-state index contributed by atoms with van der Waals surface area (Å²) in [7, 11) is 1.86. The Bertz CT molecular complexity index is 151. The van der Waals surface area contributed by atoms with E-state index in [0.29, 0.717) is 5.92 Å². The van der Waals surface area contributed by atoms with Gasteiger partial charge < -0.3 is 5.11 Å². The molecule has 1 heterocycles. The van der Waals surface area contributed by atoms with Crippen molar-refractivity contribution in [3.05, 3.63) is 0 Å². The van der Waals surface area contributed by atoms with Crippen molar-refractivity contribution >= 4 is 18.4 Å². The number of halogens is 1. The van der Waals surface area contributed by atoms with Crippen LogP contribution in [0.5, 0.6) is 0 Å². The molecule has 0 radical (unpaired) electrons. The molecule has 11 heavy (non-hydrogen) atoms. The van der Waals surface area contributed by atoms with Gasteiger partial charge in [-0.2, -0.15) is 0 Å². The summed E-state index contributed by atoms with van der Waals surface area (Å²) in [4.78, 5) is 12.4. The zero-order valence-corrected chi connectivity index (χ0v) is 7.60. The van der Waals surface area contributed by atoms with Gasteiger partial charge in [0, 0.05) is 6.54 Å². The zero-order chi connectivity index (χ0) is 7.72. The summed E-state index contributed by atoms with van der Waals surface area (Å²) >= 11 is 0. The lowest BCUT2D eigenvalue weighted by Gasteiger charge is -2.13. The Balaban J connectivity index is 0.000001000. The van der Waals surface area contributed by atoms with Gasteiger partial charge in [0.25, 0.3) is 0 Å². The van der Waals surface area contributed by atoms with Gasteiger partial charge in [-0.1, -0.05) is 6.92 Å².